The van der Waals surface area contributed by atoms with E-state index in [1.807, 2.05) is 54.5 Å². The molecule has 2 aromatic heterocycles. The SMILES string of the molecule is Cn1cc(CC2CCN(c3cncc(OCc4ccccc4)n3)C2)cn1. The van der Waals surface area contributed by atoms with Crippen molar-refractivity contribution >= 4 is 5.82 Å². The van der Waals surface area contributed by atoms with Crippen molar-refractivity contribution in [1.29, 1.82) is 0 Å². The van der Waals surface area contributed by atoms with Gasteiger partial charge in [0, 0.05) is 26.3 Å². The van der Waals surface area contributed by atoms with Crippen molar-refractivity contribution in [2.45, 2.75) is 19.4 Å². The van der Waals surface area contributed by atoms with E-state index in [0.717, 1.165) is 37.3 Å². The highest BCUT2D eigenvalue weighted by atomic mass is 16.5. The van der Waals surface area contributed by atoms with Gasteiger partial charge in [-0.05, 0) is 29.9 Å². The zero-order chi connectivity index (χ0) is 17.8. The van der Waals surface area contributed by atoms with E-state index >= 15 is 0 Å². The molecule has 134 valence electrons. The van der Waals surface area contributed by atoms with Crippen LogP contribution < -0.4 is 9.64 Å². The van der Waals surface area contributed by atoms with Gasteiger partial charge in [0.15, 0.2) is 5.82 Å². The number of aryl methyl sites for hydroxylation is 1. The molecule has 1 fully saturated rings. The second-order valence-corrected chi connectivity index (χ2v) is 6.82. The quantitative estimate of drug-likeness (QED) is 0.685. The lowest BCUT2D eigenvalue weighted by atomic mass is 10.0. The van der Waals surface area contributed by atoms with E-state index in [-0.39, 0.29) is 0 Å². The van der Waals surface area contributed by atoms with Crippen LogP contribution in [0.1, 0.15) is 17.5 Å². The van der Waals surface area contributed by atoms with Gasteiger partial charge in [-0.3, -0.25) is 9.67 Å². The van der Waals surface area contributed by atoms with Crippen molar-refractivity contribution in [3.63, 3.8) is 0 Å². The summed E-state index contributed by atoms with van der Waals surface area (Å²) in [4.78, 5) is 11.2. The topological polar surface area (TPSA) is 56.1 Å². The maximum Gasteiger partial charge on any atom is 0.234 e. The van der Waals surface area contributed by atoms with E-state index in [1.54, 1.807) is 6.20 Å². The Morgan fingerprint density at radius 2 is 2.00 bits per heavy atom. The van der Waals surface area contributed by atoms with Crippen LogP contribution in [0, 0.1) is 5.92 Å². The van der Waals surface area contributed by atoms with Crippen LogP contribution in [0.3, 0.4) is 0 Å². The molecule has 3 aromatic rings. The number of benzene rings is 1. The van der Waals surface area contributed by atoms with Crippen molar-refractivity contribution in [3.8, 4) is 5.88 Å². The summed E-state index contributed by atoms with van der Waals surface area (Å²) in [6, 6.07) is 10.1. The number of hydrogen-bond donors (Lipinski definition) is 0. The van der Waals surface area contributed by atoms with Gasteiger partial charge in [0.2, 0.25) is 5.88 Å². The van der Waals surface area contributed by atoms with Crippen LogP contribution in [0.2, 0.25) is 0 Å². The molecule has 1 saturated heterocycles. The van der Waals surface area contributed by atoms with Crippen LogP contribution in [0.25, 0.3) is 0 Å². The monoisotopic (exact) mass is 349 g/mol. The molecule has 0 aliphatic carbocycles. The predicted octanol–water partition coefficient (Wildman–Crippen LogP) is 2.86. The summed E-state index contributed by atoms with van der Waals surface area (Å²) in [6.07, 6.45) is 9.77. The third-order valence-corrected chi connectivity index (χ3v) is 4.72. The average molecular weight is 349 g/mol. The minimum Gasteiger partial charge on any atom is -0.472 e. The molecule has 1 aromatic carbocycles. The van der Waals surface area contributed by atoms with Crippen molar-refractivity contribution in [2.24, 2.45) is 13.0 Å². The molecule has 0 N–H and O–H groups in total. The Bertz CT molecular complexity index is 848. The van der Waals surface area contributed by atoms with Gasteiger partial charge < -0.3 is 9.64 Å². The number of ether oxygens (including phenoxy) is 1. The van der Waals surface area contributed by atoms with Crippen molar-refractivity contribution in [2.75, 3.05) is 18.0 Å². The normalized spacial score (nSPS) is 16.8. The van der Waals surface area contributed by atoms with Crippen LogP contribution in [0.4, 0.5) is 5.82 Å². The third kappa shape index (κ3) is 4.02. The summed E-state index contributed by atoms with van der Waals surface area (Å²) < 4.78 is 7.67. The Morgan fingerprint density at radius 1 is 1.12 bits per heavy atom. The Labute approximate surface area is 153 Å². The van der Waals surface area contributed by atoms with Gasteiger partial charge in [0.1, 0.15) is 6.61 Å². The standard InChI is InChI=1S/C20H23N5O/c1-24-13-18(10-22-24)9-17-7-8-25(14-17)19-11-21-12-20(23-19)26-15-16-5-3-2-4-6-16/h2-6,10-13,17H,7-9,14-15H2,1H3. The van der Waals surface area contributed by atoms with Gasteiger partial charge in [-0.15, -0.1) is 0 Å². The van der Waals surface area contributed by atoms with E-state index in [4.69, 9.17) is 4.74 Å². The van der Waals surface area contributed by atoms with E-state index < -0.39 is 0 Å². The smallest absolute Gasteiger partial charge is 0.234 e. The second-order valence-electron chi connectivity index (χ2n) is 6.82. The Balaban J connectivity index is 1.36. The number of rotatable bonds is 6. The molecule has 1 unspecified atom stereocenters. The van der Waals surface area contributed by atoms with Gasteiger partial charge in [0.25, 0.3) is 0 Å². The number of anilines is 1. The maximum absolute atomic E-state index is 5.81. The molecule has 0 saturated carbocycles. The lowest BCUT2D eigenvalue weighted by Crippen LogP contribution is -2.21. The first kappa shape index (κ1) is 16.6. The number of hydrogen-bond acceptors (Lipinski definition) is 5. The molecular formula is C20H23N5O. The molecule has 0 radical (unpaired) electrons. The highest BCUT2D eigenvalue weighted by molar-refractivity contribution is 5.39. The maximum atomic E-state index is 5.81. The molecule has 4 rings (SSSR count). The van der Waals surface area contributed by atoms with E-state index in [9.17, 15) is 0 Å². The molecule has 26 heavy (non-hydrogen) atoms. The van der Waals surface area contributed by atoms with Gasteiger partial charge in [-0.25, -0.2) is 0 Å². The average Bonchev–Trinajstić information content (AvgIpc) is 3.30. The minimum absolute atomic E-state index is 0.503. The fourth-order valence-corrected chi connectivity index (χ4v) is 3.41. The van der Waals surface area contributed by atoms with E-state index in [0.29, 0.717) is 18.4 Å². The third-order valence-electron chi connectivity index (χ3n) is 4.72. The van der Waals surface area contributed by atoms with Gasteiger partial charge in [-0.2, -0.15) is 10.1 Å². The summed E-state index contributed by atoms with van der Waals surface area (Å²) >= 11 is 0. The summed E-state index contributed by atoms with van der Waals surface area (Å²) in [5, 5.41) is 4.26. The van der Waals surface area contributed by atoms with Gasteiger partial charge >= 0.3 is 0 Å². The molecule has 0 spiro atoms. The Hall–Kier alpha value is -2.89. The molecule has 3 heterocycles. The largest absolute Gasteiger partial charge is 0.472 e. The first-order valence-electron chi connectivity index (χ1n) is 8.97. The summed E-state index contributed by atoms with van der Waals surface area (Å²) in [6.45, 7) is 2.50. The molecule has 6 heteroatoms. The van der Waals surface area contributed by atoms with Gasteiger partial charge in [0.05, 0.1) is 18.6 Å². The highest BCUT2D eigenvalue weighted by Gasteiger charge is 2.24. The first-order chi connectivity index (χ1) is 12.8. The second kappa shape index (κ2) is 7.56. The number of nitrogens with zero attached hydrogens (tertiary/aromatic N) is 5. The van der Waals surface area contributed by atoms with Crippen molar-refractivity contribution in [3.05, 3.63) is 66.2 Å². The molecule has 1 atom stereocenters. The summed E-state index contributed by atoms with van der Waals surface area (Å²) in [5.41, 5.74) is 2.42. The van der Waals surface area contributed by atoms with Crippen LogP contribution >= 0.6 is 0 Å². The molecular weight excluding hydrogens is 326 g/mol. The zero-order valence-corrected chi connectivity index (χ0v) is 15.0. The van der Waals surface area contributed by atoms with Gasteiger partial charge in [-0.1, -0.05) is 30.3 Å². The summed E-state index contributed by atoms with van der Waals surface area (Å²) in [5.74, 6) is 2.08. The van der Waals surface area contributed by atoms with Crippen LogP contribution in [-0.4, -0.2) is 32.8 Å². The van der Waals surface area contributed by atoms with Crippen molar-refractivity contribution in [1.82, 2.24) is 19.7 Å². The van der Waals surface area contributed by atoms with Crippen LogP contribution in [0.15, 0.2) is 55.1 Å². The van der Waals surface area contributed by atoms with E-state index in [2.05, 4.69) is 26.2 Å². The Morgan fingerprint density at radius 3 is 2.81 bits per heavy atom. The molecule has 1 aliphatic rings. The first-order valence-corrected chi connectivity index (χ1v) is 8.97. The minimum atomic E-state index is 0.503. The number of aromatic nitrogens is 4. The fraction of sp³-hybridized carbons (Fsp3) is 0.350. The van der Waals surface area contributed by atoms with E-state index in [1.165, 1.54) is 5.56 Å². The van der Waals surface area contributed by atoms with Crippen LogP contribution in [-0.2, 0) is 20.1 Å². The molecule has 0 bridgehead atoms. The predicted molar refractivity (Wildman–Crippen MR) is 100 cm³/mol. The molecule has 1 aliphatic heterocycles. The molecule has 0 amide bonds. The lowest BCUT2D eigenvalue weighted by molar-refractivity contribution is 0.292. The highest BCUT2D eigenvalue weighted by Crippen LogP contribution is 2.25. The lowest BCUT2D eigenvalue weighted by Gasteiger charge is -2.17. The van der Waals surface area contributed by atoms with Crippen LogP contribution in [0.5, 0.6) is 5.88 Å². The zero-order valence-electron chi connectivity index (χ0n) is 15.0. The Kier molecular flexibility index (Phi) is 4.82. The fourth-order valence-electron chi connectivity index (χ4n) is 3.41. The van der Waals surface area contributed by atoms with Crippen molar-refractivity contribution < 1.29 is 4.74 Å². The summed E-state index contributed by atoms with van der Waals surface area (Å²) in [7, 11) is 1.96. The molecule has 6 nitrogen and oxygen atoms in total.